The Balaban J connectivity index is 1.76. The molecule has 1 spiro atoms. The molecule has 84 valence electrons. The van der Waals surface area contributed by atoms with E-state index >= 15 is 0 Å². The van der Waals surface area contributed by atoms with Gasteiger partial charge < -0.3 is 4.90 Å². The van der Waals surface area contributed by atoms with Gasteiger partial charge in [-0.15, -0.1) is 0 Å². The van der Waals surface area contributed by atoms with Gasteiger partial charge in [-0.2, -0.15) is 0 Å². The second-order valence-electron chi connectivity index (χ2n) is 6.02. The van der Waals surface area contributed by atoms with E-state index in [2.05, 4.69) is 11.8 Å². The molecule has 2 saturated heterocycles. The molecule has 0 unspecified atom stereocenters. The van der Waals surface area contributed by atoms with Crippen LogP contribution >= 0.6 is 0 Å². The van der Waals surface area contributed by atoms with Gasteiger partial charge in [-0.05, 0) is 31.1 Å². The summed E-state index contributed by atoms with van der Waals surface area (Å²) in [6.07, 6.45) is 9.39. The monoisotopic (exact) mass is 207 g/mol. The van der Waals surface area contributed by atoms with Crippen molar-refractivity contribution in [2.24, 2.45) is 11.3 Å². The highest BCUT2D eigenvalue weighted by molar-refractivity contribution is 5.81. The highest BCUT2D eigenvalue weighted by Crippen LogP contribution is 2.49. The van der Waals surface area contributed by atoms with Gasteiger partial charge in [0.1, 0.15) is 0 Å². The predicted molar refractivity (Wildman–Crippen MR) is 59.4 cm³/mol. The molecular weight excluding hydrogens is 186 g/mol. The summed E-state index contributed by atoms with van der Waals surface area (Å²) in [4.78, 5) is 14.1. The van der Waals surface area contributed by atoms with Crippen molar-refractivity contribution < 1.29 is 4.79 Å². The minimum atomic E-state index is 0.302. The topological polar surface area (TPSA) is 20.3 Å². The van der Waals surface area contributed by atoms with Crippen LogP contribution in [0.2, 0.25) is 0 Å². The number of hydrogen-bond donors (Lipinski definition) is 0. The van der Waals surface area contributed by atoms with E-state index < -0.39 is 0 Å². The van der Waals surface area contributed by atoms with Gasteiger partial charge in [-0.25, -0.2) is 0 Å². The van der Waals surface area contributed by atoms with Crippen molar-refractivity contribution in [1.29, 1.82) is 0 Å². The molecule has 3 fully saturated rings. The highest BCUT2D eigenvalue weighted by atomic mass is 16.2. The van der Waals surface area contributed by atoms with E-state index in [1.165, 1.54) is 38.5 Å². The molecule has 2 heteroatoms. The standard InChI is InChI=1S/C13H21NO/c1-10-7-11-8-13(5-3-2-4-6-13)9-14(11)12(10)15/h10-11H,2-9H2,1H3/t10-,11-/m0/s1. The molecule has 2 aliphatic heterocycles. The van der Waals surface area contributed by atoms with Crippen molar-refractivity contribution in [3.8, 4) is 0 Å². The van der Waals surface area contributed by atoms with Crippen LogP contribution in [-0.2, 0) is 4.79 Å². The van der Waals surface area contributed by atoms with Crippen LogP contribution in [0.1, 0.15) is 51.9 Å². The molecule has 15 heavy (non-hydrogen) atoms. The van der Waals surface area contributed by atoms with Gasteiger partial charge in [0.2, 0.25) is 5.91 Å². The Morgan fingerprint density at radius 3 is 2.67 bits per heavy atom. The number of amides is 1. The van der Waals surface area contributed by atoms with Crippen LogP contribution in [0.15, 0.2) is 0 Å². The van der Waals surface area contributed by atoms with E-state index in [1.54, 1.807) is 0 Å². The average molecular weight is 207 g/mol. The van der Waals surface area contributed by atoms with Crippen molar-refractivity contribution in [2.45, 2.75) is 57.9 Å². The summed E-state index contributed by atoms with van der Waals surface area (Å²) in [6.45, 7) is 3.18. The summed E-state index contributed by atoms with van der Waals surface area (Å²) in [5.41, 5.74) is 0.540. The zero-order valence-electron chi connectivity index (χ0n) is 9.67. The fourth-order valence-electron chi connectivity index (χ4n) is 4.09. The lowest BCUT2D eigenvalue weighted by Gasteiger charge is -2.33. The molecule has 0 aromatic heterocycles. The van der Waals surface area contributed by atoms with Gasteiger partial charge in [0.25, 0.3) is 0 Å². The molecule has 2 atom stereocenters. The second kappa shape index (κ2) is 3.23. The third kappa shape index (κ3) is 1.41. The molecule has 1 aliphatic carbocycles. The number of carbonyl (C=O) groups excluding carboxylic acids is 1. The predicted octanol–water partition coefficient (Wildman–Crippen LogP) is 2.58. The van der Waals surface area contributed by atoms with Gasteiger partial charge in [0, 0.05) is 18.5 Å². The SMILES string of the molecule is C[C@H]1C[C@H]2CC3(CCCCC3)CN2C1=O. The van der Waals surface area contributed by atoms with E-state index in [-0.39, 0.29) is 0 Å². The van der Waals surface area contributed by atoms with E-state index in [0.717, 1.165) is 13.0 Å². The van der Waals surface area contributed by atoms with Crippen LogP contribution in [0.25, 0.3) is 0 Å². The van der Waals surface area contributed by atoms with Gasteiger partial charge >= 0.3 is 0 Å². The molecule has 0 radical (unpaired) electrons. The molecule has 0 bridgehead atoms. The van der Waals surface area contributed by atoms with E-state index in [0.29, 0.717) is 23.3 Å². The fraction of sp³-hybridized carbons (Fsp3) is 0.923. The lowest BCUT2D eigenvalue weighted by atomic mass is 9.72. The average Bonchev–Trinajstić information content (AvgIpc) is 2.67. The smallest absolute Gasteiger partial charge is 0.225 e. The zero-order valence-corrected chi connectivity index (χ0v) is 9.67. The van der Waals surface area contributed by atoms with Crippen LogP contribution in [-0.4, -0.2) is 23.4 Å². The molecule has 0 aromatic carbocycles. The molecule has 2 nitrogen and oxygen atoms in total. The summed E-state index contributed by atoms with van der Waals surface area (Å²) in [5.74, 6) is 0.735. The number of carbonyl (C=O) groups is 1. The van der Waals surface area contributed by atoms with Crippen molar-refractivity contribution in [2.75, 3.05) is 6.54 Å². The van der Waals surface area contributed by atoms with Crippen LogP contribution in [0.4, 0.5) is 0 Å². The number of hydrogen-bond acceptors (Lipinski definition) is 1. The number of fused-ring (bicyclic) bond motifs is 1. The van der Waals surface area contributed by atoms with Crippen LogP contribution in [0.5, 0.6) is 0 Å². The first-order chi connectivity index (χ1) is 7.20. The Morgan fingerprint density at radius 2 is 2.00 bits per heavy atom. The third-order valence-electron chi connectivity index (χ3n) is 4.86. The number of rotatable bonds is 0. The molecular formula is C13H21NO. The Morgan fingerprint density at radius 1 is 1.27 bits per heavy atom. The Labute approximate surface area is 92.0 Å². The summed E-state index contributed by atoms with van der Waals surface area (Å²) in [6, 6.07) is 0.602. The maximum absolute atomic E-state index is 11.9. The Hall–Kier alpha value is -0.530. The van der Waals surface area contributed by atoms with Crippen molar-refractivity contribution in [3.63, 3.8) is 0 Å². The molecule has 1 saturated carbocycles. The molecule has 3 aliphatic rings. The molecule has 3 rings (SSSR count). The van der Waals surface area contributed by atoms with Gasteiger partial charge in [-0.1, -0.05) is 26.2 Å². The maximum atomic E-state index is 11.9. The molecule has 1 amide bonds. The summed E-state index contributed by atoms with van der Waals surface area (Å²) < 4.78 is 0. The van der Waals surface area contributed by atoms with Crippen molar-refractivity contribution in [1.82, 2.24) is 4.90 Å². The third-order valence-corrected chi connectivity index (χ3v) is 4.86. The zero-order chi connectivity index (χ0) is 10.5. The maximum Gasteiger partial charge on any atom is 0.225 e. The largest absolute Gasteiger partial charge is 0.339 e. The van der Waals surface area contributed by atoms with Crippen molar-refractivity contribution >= 4 is 5.91 Å². The van der Waals surface area contributed by atoms with Gasteiger partial charge in [0.15, 0.2) is 0 Å². The fourth-order valence-corrected chi connectivity index (χ4v) is 4.09. The van der Waals surface area contributed by atoms with Crippen LogP contribution in [0.3, 0.4) is 0 Å². The van der Waals surface area contributed by atoms with Crippen LogP contribution in [0, 0.1) is 11.3 Å². The minimum absolute atomic E-state index is 0.302. The summed E-state index contributed by atoms with van der Waals surface area (Å²) >= 11 is 0. The summed E-state index contributed by atoms with van der Waals surface area (Å²) in [7, 11) is 0. The quantitative estimate of drug-likeness (QED) is 0.598. The molecule has 0 aromatic rings. The second-order valence-corrected chi connectivity index (χ2v) is 6.02. The summed E-state index contributed by atoms with van der Waals surface area (Å²) in [5, 5.41) is 0. The Kier molecular flexibility index (Phi) is 2.08. The molecule has 0 N–H and O–H groups in total. The molecule has 2 heterocycles. The first-order valence-electron chi connectivity index (χ1n) is 6.51. The van der Waals surface area contributed by atoms with Gasteiger partial charge in [-0.3, -0.25) is 4.79 Å². The van der Waals surface area contributed by atoms with Crippen LogP contribution < -0.4 is 0 Å². The highest BCUT2D eigenvalue weighted by Gasteiger charge is 2.50. The van der Waals surface area contributed by atoms with E-state index in [4.69, 9.17) is 0 Å². The lowest BCUT2D eigenvalue weighted by Crippen LogP contribution is -2.33. The minimum Gasteiger partial charge on any atom is -0.339 e. The van der Waals surface area contributed by atoms with Crippen molar-refractivity contribution in [3.05, 3.63) is 0 Å². The Bertz CT molecular complexity index is 280. The normalized spacial score (nSPS) is 38.7. The van der Waals surface area contributed by atoms with E-state index in [9.17, 15) is 4.79 Å². The first-order valence-corrected chi connectivity index (χ1v) is 6.51. The number of nitrogens with zero attached hydrogens (tertiary/aromatic N) is 1. The van der Waals surface area contributed by atoms with E-state index in [1.807, 2.05) is 0 Å². The lowest BCUT2D eigenvalue weighted by molar-refractivity contribution is -0.131. The van der Waals surface area contributed by atoms with Gasteiger partial charge in [0.05, 0.1) is 0 Å². The first kappa shape index (κ1) is 9.68.